The molecule has 0 aliphatic heterocycles. The number of benzene rings is 1. The van der Waals surface area contributed by atoms with Crippen LogP contribution in [-0.2, 0) is 11.8 Å². The molecule has 0 bridgehead atoms. The van der Waals surface area contributed by atoms with Crippen molar-refractivity contribution in [2.24, 2.45) is 0 Å². The Kier molecular flexibility index (Phi) is 4.14. The van der Waals surface area contributed by atoms with Gasteiger partial charge in [-0.15, -0.1) is 0 Å². The van der Waals surface area contributed by atoms with Gasteiger partial charge in [-0.2, -0.15) is 0 Å². The van der Waals surface area contributed by atoms with Gasteiger partial charge in [0.1, 0.15) is 5.82 Å². The average Bonchev–Trinajstić information content (AvgIpc) is 3.17. The molecule has 3 nitrogen and oxygen atoms in total. The molecule has 1 heterocycles. The smallest absolute Gasteiger partial charge is 0.163 e. The Morgan fingerprint density at radius 2 is 1.95 bits per heavy atom. The highest BCUT2D eigenvalue weighted by Gasteiger charge is 2.36. The number of ketones is 1. The van der Waals surface area contributed by atoms with E-state index in [-0.39, 0.29) is 11.2 Å². The Labute approximate surface area is 132 Å². The first-order valence-electron chi connectivity index (χ1n) is 8.37. The molecule has 0 unspecified atom stereocenters. The van der Waals surface area contributed by atoms with Gasteiger partial charge in [-0.3, -0.25) is 4.79 Å². The van der Waals surface area contributed by atoms with Crippen LogP contribution in [0.3, 0.4) is 0 Å². The monoisotopic (exact) mass is 296 g/mol. The van der Waals surface area contributed by atoms with Crippen molar-refractivity contribution in [3.63, 3.8) is 0 Å². The lowest BCUT2D eigenvalue weighted by Crippen LogP contribution is -2.29. The number of nitrogens with zero attached hydrogens (tertiary/aromatic N) is 1. The summed E-state index contributed by atoms with van der Waals surface area (Å²) in [5.41, 5.74) is 3.38. The second kappa shape index (κ2) is 6.07. The van der Waals surface area contributed by atoms with Gasteiger partial charge >= 0.3 is 0 Å². The van der Waals surface area contributed by atoms with Crippen molar-refractivity contribution in [3.05, 3.63) is 53.1 Å². The number of Topliss-reactive ketones (excluding diaryl/α,β-unsaturated/α-hetero) is 1. The van der Waals surface area contributed by atoms with Crippen molar-refractivity contribution < 1.29 is 4.79 Å². The minimum Gasteiger partial charge on any atom is -0.348 e. The Hall–Kier alpha value is -1.90. The zero-order valence-electron chi connectivity index (χ0n) is 13.5. The summed E-state index contributed by atoms with van der Waals surface area (Å²) in [6.45, 7) is 4.45. The zero-order valence-corrected chi connectivity index (χ0v) is 13.5. The summed E-state index contributed by atoms with van der Waals surface area (Å²) in [6.07, 6.45) is 9.65. The van der Waals surface area contributed by atoms with Crippen LogP contribution in [0.15, 0.2) is 30.6 Å². The van der Waals surface area contributed by atoms with Crippen molar-refractivity contribution in [2.45, 2.75) is 57.8 Å². The number of rotatable bonds is 6. The van der Waals surface area contributed by atoms with Gasteiger partial charge in [0.05, 0.1) is 5.41 Å². The highest BCUT2D eigenvalue weighted by atomic mass is 16.1. The number of hydrogen-bond acceptors (Lipinski definition) is 2. The molecule has 0 saturated carbocycles. The normalized spacial score (nSPS) is 14.4. The van der Waals surface area contributed by atoms with E-state index in [0.29, 0.717) is 6.42 Å². The number of nitrogens with one attached hydrogen (secondary N) is 1. The SMILES string of the molecule is CCCC(CCC)(c1ccc2c(c1)CCC2=O)c1ncc[nH]1. The summed E-state index contributed by atoms with van der Waals surface area (Å²) in [6, 6.07) is 6.44. The van der Waals surface area contributed by atoms with E-state index in [1.165, 1.54) is 11.1 Å². The van der Waals surface area contributed by atoms with Gasteiger partial charge in [0, 0.05) is 24.4 Å². The van der Waals surface area contributed by atoms with Crippen molar-refractivity contribution in [1.82, 2.24) is 9.97 Å². The van der Waals surface area contributed by atoms with E-state index < -0.39 is 0 Å². The Morgan fingerprint density at radius 3 is 2.59 bits per heavy atom. The van der Waals surface area contributed by atoms with E-state index in [4.69, 9.17) is 0 Å². The highest BCUT2D eigenvalue weighted by Crippen LogP contribution is 2.40. The van der Waals surface area contributed by atoms with Crippen molar-refractivity contribution >= 4 is 5.78 Å². The first-order chi connectivity index (χ1) is 10.7. The van der Waals surface area contributed by atoms with Crippen LogP contribution in [0.5, 0.6) is 0 Å². The molecule has 116 valence electrons. The predicted molar refractivity (Wildman–Crippen MR) is 88.3 cm³/mol. The minimum absolute atomic E-state index is 0.0618. The van der Waals surface area contributed by atoms with Gasteiger partial charge in [0.2, 0.25) is 0 Å². The first kappa shape index (κ1) is 15.0. The lowest BCUT2D eigenvalue weighted by molar-refractivity contribution is 0.0994. The number of carbonyl (C=O) groups excluding carboxylic acids is 1. The molecule has 1 N–H and O–H groups in total. The average molecular weight is 296 g/mol. The van der Waals surface area contributed by atoms with Crippen molar-refractivity contribution in [3.8, 4) is 0 Å². The van der Waals surface area contributed by atoms with E-state index >= 15 is 0 Å². The lowest BCUT2D eigenvalue weighted by Gasteiger charge is -2.33. The highest BCUT2D eigenvalue weighted by molar-refractivity contribution is 6.00. The molecule has 2 aromatic rings. The standard InChI is InChI=1S/C19H24N2O/c1-3-9-19(10-4-2,18-20-11-12-21-18)15-6-7-16-14(13-15)5-8-17(16)22/h6-7,11-13H,3-5,8-10H2,1-2H3,(H,20,21). The lowest BCUT2D eigenvalue weighted by atomic mass is 9.72. The predicted octanol–water partition coefficient (Wildman–Crippen LogP) is 4.42. The first-order valence-corrected chi connectivity index (χ1v) is 8.37. The minimum atomic E-state index is -0.0618. The van der Waals surface area contributed by atoms with Crippen molar-refractivity contribution in [2.75, 3.05) is 0 Å². The fraction of sp³-hybridized carbons (Fsp3) is 0.474. The Morgan fingerprint density at radius 1 is 1.18 bits per heavy atom. The maximum atomic E-state index is 11.9. The third-order valence-corrected chi connectivity index (χ3v) is 4.88. The number of aromatic nitrogens is 2. The fourth-order valence-corrected chi connectivity index (χ4v) is 3.92. The summed E-state index contributed by atoms with van der Waals surface area (Å²) in [7, 11) is 0. The number of aryl methyl sites for hydroxylation is 1. The molecule has 1 aromatic carbocycles. The van der Waals surface area contributed by atoms with Crippen LogP contribution in [0.2, 0.25) is 0 Å². The number of imidazole rings is 1. The molecule has 0 fully saturated rings. The molecule has 1 aromatic heterocycles. The molecule has 1 aliphatic rings. The van der Waals surface area contributed by atoms with Gasteiger partial charge in [-0.1, -0.05) is 44.9 Å². The summed E-state index contributed by atoms with van der Waals surface area (Å²) >= 11 is 0. The van der Waals surface area contributed by atoms with Crippen molar-refractivity contribution in [1.29, 1.82) is 0 Å². The molecule has 0 amide bonds. The molecule has 0 radical (unpaired) electrons. The van der Waals surface area contributed by atoms with Crippen LogP contribution in [0.1, 0.15) is 73.3 Å². The van der Waals surface area contributed by atoms with Gasteiger partial charge in [-0.25, -0.2) is 4.98 Å². The number of fused-ring (bicyclic) bond motifs is 1. The second-order valence-electron chi connectivity index (χ2n) is 6.31. The van der Waals surface area contributed by atoms with Gasteiger partial charge < -0.3 is 4.98 Å². The molecular formula is C19H24N2O. The molecule has 0 spiro atoms. The maximum absolute atomic E-state index is 11.9. The number of hydrogen-bond donors (Lipinski definition) is 1. The molecule has 3 heteroatoms. The molecule has 0 atom stereocenters. The van der Waals surface area contributed by atoms with E-state index in [9.17, 15) is 4.79 Å². The molecular weight excluding hydrogens is 272 g/mol. The van der Waals surface area contributed by atoms with E-state index in [1.807, 2.05) is 18.5 Å². The summed E-state index contributed by atoms with van der Waals surface area (Å²) < 4.78 is 0. The summed E-state index contributed by atoms with van der Waals surface area (Å²) in [4.78, 5) is 19.8. The van der Waals surface area contributed by atoms with E-state index in [2.05, 4.69) is 35.9 Å². The van der Waals surface area contributed by atoms with Crippen LogP contribution >= 0.6 is 0 Å². The Balaban J connectivity index is 2.11. The number of carbonyl (C=O) groups is 1. The van der Waals surface area contributed by atoms with E-state index in [0.717, 1.165) is 43.5 Å². The third kappa shape index (κ3) is 2.39. The second-order valence-corrected chi connectivity index (χ2v) is 6.31. The quantitative estimate of drug-likeness (QED) is 0.857. The zero-order chi connectivity index (χ0) is 15.6. The molecule has 3 rings (SSSR count). The van der Waals surface area contributed by atoms with Crippen LogP contribution < -0.4 is 0 Å². The third-order valence-electron chi connectivity index (χ3n) is 4.88. The maximum Gasteiger partial charge on any atom is 0.163 e. The van der Waals surface area contributed by atoms with Crippen LogP contribution in [0.4, 0.5) is 0 Å². The number of aromatic amines is 1. The summed E-state index contributed by atoms with van der Waals surface area (Å²) in [5.74, 6) is 1.34. The van der Waals surface area contributed by atoms with Crippen LogP contribution in [-0.4, -0.2) is 15.8 Å². The van der Waals surface area contributed by atoms with Gasteiger partial charge in [0.25, 0.3) is 0 Å². The van der Waals surface area contributed by atoms with Gasteiger partial charge in [0.15, 0.2) is 5.78 Å². The van der Waals surface area contributed by atoms with Crippen LogP contribution in [0, 0.1) is 0 Å². The molecule has 1 aliphatic carbocycles. The Bertz CT molecular complexity index is 652. The topological polar surface area (TPSA) is 45.8 Å². The van der Waals surface area contributed by atoms with E-state index in [1.54, 1.807) is 0 Å². The fourth-order valence-electron chi connectivity index (χ4n) is 3.92. The molecule has 0 saturated heterocycles. The summed E-state index contributed by atoms with van der Waals surface area (Å²) in [5, 5.41) is 0. The number of H-pyrrole nitrogens is 1. The van der Waals surface area contributed by atoms with Crippen LogP contribution in [0.25, 0.3) is 0 Å². The van der Waals surface area contributed by atoms with Gasteiger partial charge in [-0.05, 0) is 30.4 Å². The largest absolute Gasteiger partial charge is 0.348 e. The molecule has 22 heavy (non-hydrogen) atoms.